The van der Waals surface area contributed by atoms with Crippen LogP contribution in [0.2, 0.25) is 0 Å². The molecule has 4 rings (SSSR count). The third kappa shape index (κ3) is 3.99. The van der Waals surface area contributed by atoms with Crippen LogP contribution in [-0.2, 0) is 4.79 Å². The number of piperazine rings is 1. The first kappa shape index (κ1) is 21.0. The zero-order valence-electron chi connectivity index (χ0n) is 17.9. The van der Waals surface area contributed by atoms with Crippen LogP contribution < -0.4 is 10.9 Å². The highest BCUT2D eigenvalue weighted by Gasteiger charge is 2.24. The first-order valence-electron chi connectivity index (χ1n) is 10.6. The summed E-state index contributed by atoms with van der Waals surface area (Å²) in [6.45, 7) is 9.38. The SMILES string of the molecule is CCC(C(=O)NCCN1CCN(C)CC1)n1nc(C)c2sc3ccccc3c2c1=O. The molecule has 0 radical (unpaired) electrons. The van der Waals surface area contributed by atoms with Gasteiger partial charge in [0.1, 0.15) is 6.04 Å². The Morgan fingerprint density at radius 2 is 1.97 bits per heavy atom. The minimum absolute atomic E-state index is 0.139. The molecule has 0 saturated carbocycles. The van der Waals surface area contributed by atoms with Gasteiger partial charge in [0.2, 0.25) is 5.91 Å². The second-order valence-corrected chi connectivity index (χ2v) is 9.05. The molecule has 7 nitrogen and oxygen atoms in total. The van der Waals surface area contributed by atoms with E-state index in [2.05, 4.69) is 27.3 Å². The summed E-state index contributed by atoms with van der Waals surface area (Å²) in [7, 11) is 2.13. The van der Waals surface area contributed by atoms with Crippen molar-refractivity contribution in [3.63, 3.8) is 0 Å². The van der Waals surface area contributed by atoms with Gasteiger partial charge in [-0.15, -0.1) is 11.3 Å². The second-order valence-electron chi connectivity index (χ2n) is 8.00. The van der Waals surface area contributed by atoms with Crippen molar-refractivity contribution < 1.29 is 4.79 Å². The van der Waals surface area contributed by atoms with Crippen LogP contribution in [-0.4, -0.2) is 71.8 Å². The summed E-state index contributed by atoms with van der Waals surface area (Å²) in [6, 6.07) is 7.30. The van der Waals surface area contributed by atoms with Gasteiger partial charge in [-0.1, -0.05) is 25.1 Å². The molecule has 1 aromatic carbocycles. The predicted octanol–water partition coefficient (Wildman–Crippen LogP) is 2.23. The van der Waals surface area contributed by atoms with Gasteiger partial charge >= 0.3 is 0 Å². The Bertz CT molecular complexity index is 1110. The van der Waals surface area contributed by atoms with Gasteiger partial charge in [0.25, 0.3) is 5.56 Å². The van der Waals surface area contributed by atoms with Gasteiger partial charge in [-0.3, -0.25) is 14.5 Å². The number of nitrogens with zero attached hydrogens (tertiary/aromatic N) is 4. The predicted molar refractivity (Wildman–Crippen MR) is 122 cm³/mol. The Balaban J connectivity index is 1.55. The second kappa shape index (κ2) is 8.83. The van der Waals surface area contributed by atoms with Crippen LogP contribution in [0.5, 0.6) is 0 Å². The first-order valence-corrected chi connectivity index (χ1v) is 11.4. The Labute approximate surface area is 180 Å². The van der Waals surface area contributed by atoms with E-state index in [-0.39, 0.29) is 11.5 Å². The van der Waals surface area contributed by atoms with Crippen LogP contribution in [0.15, 0.2) is 29.1 Å². The van der Waals surface area contributed by atoms with Crippen LogP contribution in [0.25, 0.3) is 20.2 Å². The summed E-state index contributed by atoms with van der Waals surface area (Å²) in [5, 5.41) is 9.17. The molecule has 30 heavy (non-hydrogen) atoms. The normalized spacial score (nSPS) is 16.9. The van der Waals surface area contributed by atoms with Crippen LogP contribution >= 0.6 is 11.3 Å². The smallest absolute Gasteiger partial charge is 0.276 e. The lowest BCUT2D eigenvalue weighted by Gasteiger charge is -2.32. The highest BCUT2D eigenvalue weighted by molar-refractivity contribution is 7.26. The van der Waals surface area contributed by atoms with E-state index in [4.69, 9.17) is 0 Å². The number of aromatic nitrogens is 2. The minimum Gasteiger partial charge on any atom is -0.353 e. The van der Waals surface area contributed by atoms with E-state index in [1.807, 2.05) is 38.1 Å². The average Bonchev–Trinajstić information content (AvgIpc) is 3.14. The number of aryl methyl sites for hydroxylation is 1. The Kier molecular flexibility index (Phi) is 6.17. The number of hydrogen-bond donors (Lipinski definition) is 1. The monoisotopic (exact) mass is 427 g/mol. The molecule has 1 N–H and O–H groups in total. The number of thiophene rings is 1. The molecule has 1 fully saturated rings. The third-order valence-electron chi connectivity index (χ3n) is 5.91. The molecule has 3 aromatic rings. The third-order valence-corrected chi connectivity index (χ3v) is 7.19. The van der Waals surface area contributed by atoms with Gasteiger partial charge in [0.05, 0.1) is 15.8 Å². The fourth-order valence-corrected chi connectivity index (χ4v) is 5.22. The van der Waals surface area contributed by atoms with E-state index in [1.54, 1.807) is 11.3 Å². The number of likely N-dealkylation sites (N-methyl/N-ethyl adjacent to an activating group) is 1. The molecule has 0 spiro atoms. The summed E-state index contributed by atoms with van der Waals surface area (Å²) >= 11 is 1.58. The maximum atomic E-state index is 13.3. The zero-order valence-corrected chi connectivity index (χ0v) is 18.7. The number of hydrogen-bond acceptors (Lipinski definition) is 6. The van der Waals surface area contributed by atoms with Gasteiger partial charge in [-0.2, -0.15) is 5.10 Å². The highest BCUT2D eigenvalue weighted by Crippen LogP contribution is 2.33. The van der Waals surface area contributed by atoms with Gasteiger partial charge < -0.3 is 10.2 Å². The molecule has 1 saturated heterocycles. The standard InChI is InChI=1S/C22H29N5O2S/c1-4-17(21(28)23-9-10-26-13-11-25(3)12-14-26)27-22(29)19-16-7-5-6-8-18(16)30-20(19)15(2)24-27/h5-8,17H,4,9-14H2,1-3H3,(H,23,28). The van der Waals surface area contributed by atoms with Crippen LogP contribution in [0.3, 0.4) is 0 Å². The zero-order chi connectivity index (χ0) is 21.3. The van der Waals surface area contributed by atoms with E-state index in [1.165, 1.54) is 4.68 Å². The van der Waals surface area contributed by atoms with E-state index in [0.29, 0.717) is 18.4 Å². The maximum absolute atomic E-state index is 13.3. The summed E-state index contributed by atoms with van der Waals surface area (Å²) in [6.07, 6.45) is 0.514. The summed E-state index contributed by atoms with van der Waals surface area (Å²) in [5.41, 5.74) is 0.601. The number of carbonyl (C=O) groups excluding carboxylic acids is 1. The molecular formula is C22H29N5O2S. The van der Waals surface area contributed by atoms with Crippen LogP contribution in [0, 0.1) is 6.92 Å². The molecule has 3 heterocycles. The summed E-state index contributed by atoms with van der Waals surface area (Å²) < 4.78 is 3.36. The molecule has 1 aliphatic rings. The van der Waals surface area contributed by atoms with Crippen molar-refractivity contribution in [2.24, 2.45) is 0 Å². The first-order chi connectivity index (χ1) is 14.5. The van der Waals surface area contributed by atoms with Crippen LogP contribution in [0.4, 0.5) is 0 Å². The Hall–Kier alpha value is -2.29. The Morgan fingerprint density at radius 1 is 1.23 bits per heavy atom. The van der Waals surface area contributed by atoms with Crippen molar-refractivity contribution in [2.75, 3.05) is 46.3 Å². The van der Waals surface area contributed by atoms with Gasteiger partial charge in [-0.25, -0.2) is 4.68 Å². The van der Waals surface area contributed by atoms with Crippen molar-refractivity contribution in [3.05, 3.63) is 40.3 Å². The summed E-state index contributed by atoms with van der Waals surface area (Å²) in [4.78, 5) is 30.9. The summed E-state index contributed by atoms with van der Waals surface area (Å²) in [5.74, 6) is -0.139. The fourth-order valence-electron chi connectivity index (χ4n) is 4.09. The van der Waals surface area contributed by atoms with E-state index < -0.39 is 6.04 Å². The molecule has 0 aliphatic carbocycles. The molecule has 1 amide bonds. The lowest BCUT2D eigenvalue weighted by Crippen LogP contribution is -2.47. The number of benzene rings is 1. The number of nitrogens with one attached hydrogen (secondary N) is 1. The van der Waals surface area contributed by atoms with E-state index in [9.17, 15) is 9.59 Å². The number of carbonyl (C=O) groups is 1. The number of fused-ring (bicyclic) bond motifs is 3. The molecule has 1 atom stereocenters. The number of rotatable bonds is 6. The van der Waals surface area contributed by atoms with Gasteiger partial charge in [-0.05, 0) is 26.5 Å². The largest absolute Gasteiger partial charge is 0.353 e. The molecule has 8 heteroatoms. The van der Waals surface area contributed by atoms with Crippen molar-refractivity contribution in [2.45, 2.75) is 26.3 Å². The maximum Gasteiger partial charge on any atom is 0.276 e. The van der Waals surface area contributed by atoms with Crippen molar-refractivity contribution in [3.8, 4) is 0 Å². The molecule has 2 aromatic heterocycles. The molecule has 1 aliphatic heterocycles. The van der Waals surface area contributed by atoms with Crippen LogP contribution in [0.1, 0.15) is 25.1 Å². The molecule has 160 valence electrons. The Morgan fingerprint density at radius 3 is 2.70 bits per heavy atom. The quantitative estimate of drug-likeness (QED) is 0.653. The van der Waals surface area contributed by atoms with Crippen molar-refractivity contribution >= 4 is 37.4 Å². The minimum atomic E-state index is -0.605. The van der Waals surface area contributed by atoms with Gasteiger partial charge in [0, 0.05) is 49.4 Å². The van der Waals surface area contributed by atoms with Crippen molar-refractivity contribution in [1.82, 2.24) is 24.9 Å². The molecular weight excluding hydrogens is 398 g/mol. The van der Waals surface area contributed by atoms with E-state index in [0.717, 1.165) is 53.2 Å². The highest BCUT2D eigenvalue weighted by atomic mass is 32.1. The fraction of sp³-hybridized carbons (Fsp3) is 0.500. The van der Waals surface area contributed by atoms with Gasteiger partial charge in [0.15, 0.2) is 0 Å². The molecule has 1 unspecified atom stereocenters. The number of amides is 1. The topological polar surface area (TPSA) is 70.5 Å². The van der Waals surface area contributed by atoms with Crippen molar-refractivity contribution in [1.29, 1.82) is 0 Å². The average molecular weight is 428 g/mol. The molecule has 0 bridgehead atoms. The van der Waals surface area contributed by atoms with E-state index >= 15 is 0 Å². The lowest BCUT2D eigenvalue weighted by atomic mass is 10.1. The lowest BCUT2D eigenvalue weighted by molar-refractivity contribution is -0.124.